The van der Waals surface area contributed by atoms with Crippen LogP contribution < -0.4 is 5.32 Å². The van der Waals surface area contributed by atoms with E-state index in [1.165, 1.54) is 0 Å². The Kier molecular flexibility index (Phi) is 5.39. The van der Waals surface area contributed by atoms with Crippen molar-refractivity contribution in [3.8, 4) is 11.3 Å². The van der Waals surface area contributed by atoms with Gasteiger partial charge in [0.15, 0.2) is 0 Å². The zero-order valence-corrected chi connectivity index (χ0v) is 13.0. The molecule has 0 saturated carbocycles. The van der Waals surface area contributed by atoms with Gasteiger partial charge in [-0.2, -0.15) is 5.10 Å². The Balaban J connectivity index is 1.47. The van der Waals surface area contributed by atoms with Crippen LogP contribution in [0.5, 0.6) is 0 Å². The number of anilines is 1. The third kappa shape index (κ3) is 4.64. The molecule has 1 aromatic carbocycles. The molecule has 1 saturated heterocycles. The van der Waals surface area contributed by atoms with Crippen LogP contribution in [-0.4, -0.2) is 42.0 Å². The maximum Gasteiger partial charge on any atom is 0.226 e. The first kappa shape index (κ1) is 15.7. The molecule has 122 valence electrons. The van der Waals surface area contributed by atoms with E-state index < -0.39 is 0 Å². The van der Waals surface area contributed by atoms with Crippen LogP contribution >= 0.6 is 0 Å². The Morgan fingerprint density at radius 3 is 3.00 bits per heavy atom. The fourth-order valence-corrected chi connectivity index (χ4v) is 2.57. The van der Waals surface area contributed by atoms with E-state index in [1.807, 2.05) is 30.3 Å². The number of hydrogen-bond acceptors (Lipinski definition) is 4. The highest BCUT2D eigenvalue weighted by molar-refractivity contribution is 5.91. The van der Waals surface area contributed by atoms with Gasteiger partial charge in [-0.05, 0) is 31.0 Å². The van der Waals surface area contributed by atoms with E-state index in [9.17, 15) is 4.79 Å². The fourth-order valence-electron chi connectivity index (χ4n) is 2.57. The van der Waals surface area contributed by atoms with E-state index in [0.29, 0.717) is 13.0 Å². The number of carbonyl (C=O) groups excluding carboxylic acids is 1. The van der Waals surface area contributed by atoms with E-state index in [-0.39, 0.29) is 12.0 Å². The minimum absolute atomic E-state index is 0.0428. The number of aromatic nitrogens is 2. The van der Waals surface area contributed by atoms with Gasteiger partial charge in [-0.25, -0.2) is 0 Å². The Bertz CT molecular complexity index is 622. The van der Waals surface area contributed by atoms with Gasteiger partial charge in [0.1, 0.15) is 0 Å². The molecule has 2 aromatic rings. The molecule has 0 bridgehead atoms. The van der Waals surface area contributed by atoms with E-state index in [4.69, 9.17) is 9.47 Å². The first-order valence-corrected chi connectivity index (χ1v) is 7.90. The summed E-state index contributed by atoms with van der Waals surface area (Å²) in [6.07, 6.45) is 4.10. The van der Waals surface area contributed by atoms with Crippen molar-refractivity contribution >= 4 is 11.6 Å². The van der Waals surface area contributed by atoms with Crippen molar-refractivity contribution in [2.45, 2.75) is 25.4 Å². The fraction of sp³-hybridized carbons (Fsp3) is 0.412. The predicted octanol–water partition coefficient (Wildman–Crippen LogP) is 2.60. The zero-order valence-electron chi connectivity index (χ0n) is 13.0. The average Bonchev–Trinajstić information content (AvgIpc) is 3.11. The van der Waals surface area contributed by atoms with Crippen molar-refractivity contribution in [1.82, 2.24) is 10.2 Å². The lowest BCUT2D eigenvalue weighted by Gasteiger charge is -2.22. The largest absolute Gasteiger partial charge is 0.381 e. The van der Waals surface area contributed by atoms with Gasteiger partial charge in [0, 0.05) is 30.7 Å². The van der Waals surface area contributed by atoms with Crippen molar-refractivity contribution in [1.29, 1.82) is 0 Å². The second-order valence-electron chi connectivity index (χ2n) is 5.53. The monoisotopic (exact) mass is 315 g/mol. The lowest BCUT2D eigenvalue weighted by atomic mass is 10.1. The summed E-state index contributed by atoms with van der Waals surface area (Å²) in [5.74, 6) is -0.0428. The van der Waals surface area contributed by atoms with E-state index in [2.05, 4.69) is 15.5 Å². The van der Waals surface area contributed by atoms with Crippen LogP contribution in [0.3, 0.4) is 0 Å². The van der Waals surface area contributed by atoms with Crippen molar-refractivity contribution in [2.24, 2.45) is 0 Å². The second kappa shape index (κ2) is 7.89. The lowest BCUT2D eigenvalue weighted by molar-refractivity contribution is -0.118. The van der Waals surface area contributed by atoms with Gasteiger partial charge in [-0.1, -0.05) is 12.1 Å². The number of hydrogen-bond donors (Lipinski definition) is 2. The van der Waals surface area contributed by atoms with Crippen LogP contribution in [0, 0.1) is 0 Å². The van der Waals surface area contributed by atoms with Crippen molar-refractivity contribution in [3.05, 3.63) is 36.5 Å². The summed E-state index contributed by atoms with van der Waals surface area (Å²) >= 11 is 0. The summed E-state index contributed by atoms with van der Waals surface area (Å²) in [4.78, 5) is 12.0. The van der Waals surface area contributed by atoms with Gasteiger partial charge < -0.3 is 14.8 Å². The number of carbonyl (C=O) groups is 1. The molecule has 1 aliphatic rings. The highest BCUT2D eigenvalue weighted by atomic mass is 16.5. The first-order valence-electron chi connectivity index (χ1n) is 7.90. The molecule has 6 heteroatoms. The minimum atomic E-state index is -0.0428. The maximum atomic E-state index is 12.0. The topological polar surface area (TPSA) is 76.2 Å². The van der Waals surface area contributed by atoms with Crippen molar-refractivity contribution in [3.63, 3.8) is 0 Å². The Hall–Kier alpha value is -2.18. The molecule has 0 spiro atoms. The van der Waals surface area contributed by atoms with Gasteiger partial charge in [0.05, 0.1) is 24.8 Å². The number of amides is 1. The number of aromatic amines is 1. The second-order valence-corrected chi connectivity index (χ2v) is 5.53. The summed E-state index contributed by atoms with van der Waals surface area (Å²) < 4.78 is 11.0. The molecule has 1 aromatic heterocycles. The third-order valence-electron chi connectivity index (χ3n) is 3.81. The zero-order chi connectivity index (χ0) is 15.9. The number of nitrogens with zero attached hydrogens (tertiary/aromatic N) is 1. The molecule has 0 radical (unpaired) electrons. The normalized spacial score (nSPS) is 15.5. The summed E-state index contributed by atoms with van der Waals surface area (Å²) in [5.41, 5.74) is 2.68. The number of H-pyrrole nitrogens is 1. The van der Waals surface area contributed by atoms with E-state index in [0.717, 1.165) is 43.0 Å². The Morgan fingerprint density at radius 2 is 2.22 bits per heavy atom. The molecule has 1 aliphatic heterocycles. The van der Waals surface area contributed by atoms with Crippen LogP contribution in [-0.2, 0) is 14.3 Å². The molecule has 2 N–H and O–H groups in total. The average molecular weight is 315 g/mol. The molecule has 1 fully saturated rings. The lowest BCUT2D eigenvalue weighted by Crippen LogP contribution is -2.25. The maximum absolute atomic E-state index is 12.0. The quantitative estimate of drug-likeness (QED) is 0.859. The molecule has 0 aliphatic carbocycles. The molecule has 0 atom stereocenters. The van der Waals surface area contributed by atoms with Gasteiger partial charge in [-0.15, -0.1) is 0 Å². The third-order valence-corrected chi connectivity index (χ3v) is 3.81. The van der Waals surface area contributed by atoms with Gasteiger partial charge >= 0.3 is 0 Å². The van der Waals surface area contributed by atoms with Crippen LogP contribution in [0.2, 0.25) is 0 Å². The van der Waals surface area contributed by atoms with E-state index in [1.54, 1.807) is 6.20 Å². The Morgan fingerprint density at radius 1 is 1.35 bits per heavy atom. The number of benzene rings is 1. The summed E-state index contributed by atoms with van der Waals surface area (Å²) in [7, 11) is 0. The van der Waals surface area contributed by atoms with Gasteiger partial charge in [0.2, 0.25) is 5.91 Å². The smallest absolute Gasteiger partial charge is 0.226 e. The summed E-state index contributed by atoms with van der Waals surface area (Å²) in [6.45, 7) is 1.94. The molecule has 0 unspecified atom stereocenters. The van der Waals surface area contributed by atoms with Crippen molar-refractivity contribution < 1.29 is 14.3 Å². The summed E-state index contributed by atoms with van der Waals surface area (Å²) in [5, 5.41) is 9.75. The highest BCUT2D eigenvalue weighted by Crippen LogP contribution is 2.20. The number of rotatable bonds is 6. The van der Waals surface area contributed by atoms with Gasteiger partial charge in [0.25, 0.3) is 0 Å². The summed E-state index contributed by atoms with van der Waals surface area (Å²) in [6, 6.07) is 9.56. The standard InChI is InChI=1S/C17H21N3O3/c21-17(7-11-23-15-5-9-22-10-6-15)19-14-3-1-2-13(12-14)16-4-8-18-20-16/h1-4,8,12,15H,5-7,9-11H2,(H,18,20)(H,19,21). The SMILES string of the molecule is O=C(CCOC1CCOCC1)Nc1cccc(-c2ccn[nH]2)c1. The molecular weight excluding hydrogens is 294 g/mol. The molecular formula is C17H21N3O3. The van der Waals surface area contributed by atoms with Crippen LogP contribution in [0.1, 0.15) is 19.3 Å². The minimum Gasteiger partial charge on any atom is -0.381 e. The highest BCUT2D eigenvalue weighted by Gasteiger charge is 2.14. The molecule has 1 amide bonds. The van der Waals surface area contributed by atoms with Crippen molar-refractivity contribution in [2.75, 3.05) is 25.1 Å². The van der Waals surface area contributed by atoms with Crippen LogP contribution in [0.15, 0.2) is 36.5 Å². The molecule has 2 heterocycles. The molecule has 3 rings (SSSR count). The van der Waals surface area contributed by atoms with E-state index >= 15 is 0 Å². The molecule has 23 heavy (non-hydrogen) atoms. The number of nitrogens with one attached hydrogen (secondary N) is 2. The number of ether oxygens (including phenoxy) is 2. The van der Waals surface area contributed by atoms with Crippen LogP contribution in [0.4, 0.5) is 5.69 Å². The Labute approximate surface area is 135 Å². The first-order chi connectivity index (χ1) is 11.3. The predicted molar refractivity (Wildman–Crippen MR) is 87.1 cm³/mol. The van der Waals surface area contributed by atoms with Crippen LogP contribution in [0.25, 0.3) is 11.3 Å². The van der Waals surface area contributed by atoms with Gasteiger partial charge in [-0.3, -0.25) is 9.89 Å². The molecule has 6 nitrogen and oxygen atoms in total.